The minimum atomic E-state index is -3.64. The van der Waals surface area contributed by atoms with E-state index in [1.807, 2.05) is 0 Å². The van der Waals surface area contributed by atoms with Crippen molar-refractivity contribution < 1.29 is 18.0 Å². The summed E-state index contributed by atoms with van der Waals surface area (Å²) in [6.07, 6.45) is 3.29. The maximum absolute atomic E-state index is 12.2. The van der Waals surface area contributed by atoms with E-state index in [2.05, 4.69) is 10.3 Å². The Bertz CT molecular complexity index is 895. The Labute approximate surface area is 145 Å². The first-order valence-corrected chi connectivity index (χ1v) is 9.33. The first-order chi connectivity index (χ1) is 11.9. The molecule has 1 aromatic heterocycles. The molecule has 1 aliphatic heterocycles. The van der Waals surface area contributed by atoms with Crippen LogP contribution in [0.1, 0.15) is 22.8 Å². The van der Waals surface area contributed by atoms with Gasteiger partial charge in [-0.3, -0.25) is 14.6 Å². The highest BCUT2D eigenvalue weighted by atomic mass is 32.2. The van der Waals surface area contributed by atoms with E-state index in [-0.39, 0.29) is 17.3 Å². The molecule has 8 heteroatoms. The molecular formula is C17H17N3O4S. The van der Waals surface area contributed by atoms with Gasteiger partial charge in [0.1, 0.15) is 0 Å². The zero-order valence-electron chi connectivity index (χ0n) is 13.5. The number of hydrogen-bond donors (Lipinski definition) is 1. The molecule has 1 unspecified atom stereocenters. The summed E-state index contributed by atoms with van der Waals surface area (Å²) in [6, 6.07) is 9.54. The van der Waals surface area contributed by atoms with Gasteiger partial charge in [-0.1, -0.05) is 6.92 Å². The second kappa shape index (κ2) is 6.64. The number of carbonyl (C=O) groups is 2. The maximum atomic E-state index is 12.2. The summed E-state index contributed by atoms with van der Waals surface area (Å²) in [4.78, 5) is 28.1. The SMILES string of the molecule is CC1CS(=O)(=O)N(c2ccc(C(=O)NCc3ccncc3)cc2)C1=O. The van der Waals surface area contributed by atoms with E-state index in [9.17, 15) is 18.0 Å². The third kappa shape index (κ3) is 3.53. The molecule has 0 radical (unpaired) electrons. The number of hydrogen-bond acceptors (Lipinski definition) is 5. The van der Waals surface area contributed by atoms with Crippen molar-refractivity contribution in [3.05, 3.63) is 59.9 Å². The molecule has 1 saturated heterocycles. The summed E-state index contributed by atoms with van der Waals surface area (Å²) in [5, 5.41) is 2.77. The number of pyridine rings is 1. The number of rotatable bonds is 4. The fraction of sp³-hybridized carbons (Fsp3) is 0.235. The number of sulfonamides is 1. The zero-order chi connectivity index (χ0) is 18.0. The molecule has 25 heavy (non-hydrogen) atoms. The van der Waals surface area contributed by atoms with E-state index in [4.69, 9.17) is 0 Å². The van der Waals surface area contributed by atoms with Crippen LogP contribution in [0, 0.1) is 5.92 Å². The van der Waals surface area contributed by atoms with E-state index >= 15 is 0 Å². The molecule has 1 aliphatic rings. The Morgan fingerprint density at radius 1 is 1.20 bits per heavy atom. The molecule has 1 N–H and O–H groups in total. The van der Waals surface area contributed by atoms with Crippen molar-refractivity contribution in [2.45, 2.75) is 13.5 Å². The van der Waals surface area contributed by atoms with Crippen LogP contribution in [0.5, 0.6) is 0 Å². The Morgan fingerprint density at radius 3 is 2.40 bits per heavy atom. The Morgan fingerprint density at radius 2 is 1.84 bits per heavy atom. The molecule has 130 valence electrons. The van der Waals surface area contributed by atoms with Gasteiger partial charge in [-0.25, -0.2) is 12.7 Å². The molecular weight excluding hydrogens is 342 g/mol. The smallest absolute Gasteiger partial charge is 0.251 e. The molecule has 0 bridgehead atoms. The van der Waals surface area contributed by atoms with Crippen LogP contribution in [0.3, 0.4) is 0 Å². The highest BCUT2D eigenvalue weighted by molar-refractivity contribution is 7.94. The van der Waals surface area contributed by atoms with E-state index in [0.717, 1.165) is 9.87 Å². The first-order valence-electron chi connectivity index (χ1n) is 7.72. The van der Waals surface area contributed by atoms with Crippen LogP contribution in [0.4, 0.5) is 5.69 Å². The second-order valence-electron chi connectivity index (χ2n) is 5.87. The predicted molar refractivity (Wildman–Crippen MR) is 92.3 cm³/mol. The quantitative estimate of drug-likeness (QED) is 0.888. The molecule has 1 atom stereocenters. The summed E-state index contributed by atoms with van der Waals surface area (Å²) >= 11 is 0. The van der Waals surface area contributed by atoms with Gasteiger partial charge in [0.15, 0.2) is 0 Å². The Kier molecular flexibility index (Phi) is 4.54. The topological polar surface area (TPSA) is 96.4 Å². The average molecular weight is 359 g/mol. The van der Waals surface area contributed by atoms with Crippen molar-refractivity contribution in [2.75, 3.05) is 10.1 Å². The lowest BCUT2D eigenvalue weighted by Gasteiger charge is -2.15. The molecule has 0 aliphatic carbocycles. The lowest BCUT2D eigenvalue weighted by molar-refractivity contribution is -0.119. The van der Waals surface area contributed by atoms with Crippen molar-refractivity contribution in [1.82, 2.24) is 10.3 Å². The lowest BCUT2D eigenvalue weighted by Crippen LogP contribution is -2.30. The van der Waals surface area contributed by atoms with Crippen LogP contribution >= 0.6 is 0 Å². The van der Waals surface area contributed by atoms with Crippen LogP contribution in [-0.2, 0) is 21.4 Å². The van der Waals surface area contributed by atoms with E-state index in [1.165, 1.54) is 24.3 Å². The second-order valence-corrected chi connectivity index (χ2v) is 7.73. The fourth-order valence-electron chi connectivity index (χ4n) is 2.62. The third-order valence-corrected chi connectivity index (χ3v) is 5.80. The van der Waals surface area contributed by atoms with Crippen LogP contribution in [0.15, 0.2) is 48.8 Å². The molecule has 0 spiro atoms. The van der Waals surface area contributed by atoms with Gasteiger partial charge >= 0.3 is 0 Å². The fourth-order valence-corrected chi connectivity index (χ4v) is 4.44. The van der Waals surface area contributed by atoms with Crippen molar-refractivity contribution in [3.63, 3.8) is 0 Å². The monoisotopic (exact) mass is 359 g/mol. The predicted octanol–water partition coefficient (Wildman–Crippen LogP) is 1.32. The number of nitrogens with zero attached hydrogens (tertiary/aromatic N) is 2. The van der Waals surface area contributed by atoms with E-state index in [1.54, 1.807) is 31.5 Å². The normalized spacial score (nSPS) is 19.0. The Balaban J connectivity index is 1.72. The van der Waals surface area contributed by atoms with Gasteiger partial charge in [0, 0.05) is 24.5 Å². The summed E-state index contributed by atoms with van der Waals surface area (Å²) < 4.78 is 25.0. The third-order valence-electron chi connectivity index (χ3n) is 3.93. The van der Waals surface area contributed by atoms with Crippen molar-refractivity contribution in [1.29, 1.82) is 0 Å². The number of nitrogens with one attached hydrogen (secondary N) is 1. The number of amides is 2. The molecule has 1 aromatic carbocycles. The maximum Gasteiger partial charge on any atom is 0.251 e. The van der Waals surface area contributed by atoms with Crippen LogP contribution in [0.2, 0.25) is 0 Å². The lowest BCUT2D eigenvalue weighted by atomic mass is 10.1. The minimum absolute atomic E-state index is 0.194. The van der Waals surface area contributed by atoms with Gasteiger partial charge in [-0.2, -0.15) is 0 Å². The van der Waals surface area contributed by atoms with Crippen molar-refractivity contribution in [2.24, 2.45) is 5.92 Å². The Hall–Kier alpha value is -2.74. The van der Waals surface area contributed by atoms with Crippen LogP contribution in [0.25, 0.3) is 0 Å². The van der Waals surface area contributed by atoms with E-state index in [0.29, 0.717) is 12.1 Å². The standard InChI is InChI=1S/C17H17N3O4S/c1-12-11-25(23,24)20(17(12)22)15-4-2-14(3-5-15)16(21)19-10-13-6-8-18-9-7-13/h2-9,12H,10-11H2,1H3,(H,19,21). The summed E-state index contributed by atoms with van der Waals surface area (Å²) in [6.45, 7) is 1.94. The summed E-state index contributed by atoms with van der Waals surface area (Å²) in [5.41, 5.74) is 1.55. The van der Waals surface area contributed by atoms with Gasteiger partial charge in [0.2, 0.25) is 15.9 Å². The highest BCUT2D eigenvalue weighted by Gasteiger charge is 2.41. The van der Waals surface area contributed by atoms with Crippen LogP contribution in [-0.4, -0.2) is 31.0 Å². The van der Waals surface area contributed by atoms with Gasteiger partial charge in [-0.05, 0) is 42.0 Å². The molecule has 7 nitrogen and oxygen atoms in total. The number of aromatic nitrogens is 1. The van der Waals surface area contributed by atoms with Gasteiger partial charge in [0.25, 0.3) is 5.91 Å². The molecule has 2 heterocycles. The zero-order valence-corrected chi connectivity index (χ0v) is 14.4. The number of carbonyl (C=O) groups excluding carboxylic acids is 2. The molecule has 1 fully saturated rings. The molecule has 2 amide bonds. The average Bonchev–Trinajstić information content (AvgIpc) is 2.81. The van der Waals surface area contributed by atoms with Gasteiger partial charge in [-0.15, -0.1) is 0 Å². The molecule has 3 rings (SSSR count). The summed E-state index contributed by atoms with van der Waals surface area (Å²) in [5.74, 6) is -1.49. The molecule has 0 saturated carbocycles. The number of anilines is 1. The largest absolute Gasteiger partial charge is 0.348 e. The van der Waals surface area contributed by atoms with Gasteiger partial charge in [0.05, 0.1) is 17.4 Å². The number of benzene rings is 1. The van der Waals surface area contributed by atoms with Crippen LogP contribution < -0.4 is 9.62 Å². The van der Waals surface area contributed by atoms with Gasteiger partial charge < -0.3 is 5.32 Å². The van der Waals surface area contributed by atoms with E-state index < -0.39 is 21.8 Å². The first kappa shape index (κ1) is 17.1. The minimum Gasteiger partial charge on any atom is -0.348 e. The highest BCUT2D eigenvalue weighted by Crippen LogP contribution is 2.28. The van der Waals surface area contributed by atoms with Crippen molar-refractivity contribution >= 4 is 27.5 Å². The van der Waals surface area contributed by atoms with Crippen molar-refractivity contribution in [3.8, 4) is 0 Å². The summed E-state index contributed by atoms with van der Waals surface area (Å²) in [7, 11) is -3.64. The molecule has 2 aromatic rings.